The van der Waals surface area contributed by atoms with E-state index in [1.807, 2.05) is 0 Å². The number of hydrogen-bond acceptors (Lipinski definition) is 2. The van der Waals surface area contributed by atoms with E-state index in [4.69, 9.17) is 5.73 Å². The largest absolute Gasteiger partial charge is 0.322 e. The Balaban J connectivity index is 3.04. The SMILES string of the molecule is [CH2]C(N)C(=O)CCCCCCCCCCCCCCCCC. The van der Waals surface area contributed by atoms with Crippen molar-refractivity contribution in [1.82, 2.24) is 0 Å². The van der Waals surface area contributed by atoms with Crippen molar-refractivity contribution in [2.45, 2.75) is 116 Å². The van der Waals surface area contributed by atoms with Gasteiger partial charge in [0.1, 0.15) is 5.78 Å². The molecule has 0 amide bonds. The van der Waals surface area contributed by atoms with Gasteiger partial charge in [0.25, 0.3) is 0 Å². The first-order valence-corrected chi connectivity index (χ1v) is 9.80. The standard InChI is InChI=1S/C20H40NO/c1-3-4-5-6-7-8-9-10-11-12-13-14-15-16-17-18-20(22)19(2)21/h19H,2-18,21H2,1H3. The molecule has 0 aliphatic carbocycles. The molecule has 22 heavy (non-hydrogen) atoms. The van der Waals surface area contributed by atoms with Gasteiger partial charge in [-0.3, -0.25) is 4.79 Å². The summed E-state index contributed by atoms with van der Waals surface area (Å²) in [7, 11) is 0. The van der Waals surface area contributed by atoms with Gasteiger partial charge in [-0.15, -0.1) is 0 Å². The number of Topliss-reactive ketones (excluding diaryl/α,β-unsaturated/α-hetero) is 1. The third kappa shape index (κ3) is 16.0. The molecule has 1 radical (unpaired) electrons. The van der Waals surface area contributed by atoms with Crippen molar-refractivity contribution in [1.29, 1.82) is 0 Å². The highest BCUT2D eigenvalue weighted by Gasteiger charge is 2.06. The quantitative estimate of drug-likeness (QED) is 0.336. The summed E-state index contributed by atoms with van der Waals surface area (Å²) in [5.74, 6) is 0.106. The first kappa shape index (κ1) is 21.6. The van der Waals surface area contributed by atoms with E-state index in [0.29, 0.717) is 6.42 Å². The average Bonchev–Trinajstić information content (AvgIpc) is 2.50. The van der Waals surface area contributed by atoms with Gasteiger partial charge >= 0.3 is 0 Å². The van der Waals surface area contributed by atoms with Gasteiger partial charge in [-0.05, 0) is 13.3 Å². The van der Waals surface area contributed by atoms with E-state index in [-0.39, 0.29) is 5.78 Å². The van der Waals surface area contributed by atoms with Gasteiger partial charge in [0.15, 0.2) is 0 Å². The lowest BCUT2D eigenvalue weighted by atomic mass is 10.0. The van der Waals surface area contributed by atoms with Crippen LogP contribution in [0.1, 0.15) is 110 Å². The predicted octanol–water partition coefficient (Wildman–Crippen LogP) is 5.98. The maximum atomic E-state index is 11.3. The minimum absolute atomic E-state index is 0.106. The van der Waals surface area contributed by atoms with Gasteiger partial charge in [-0.1, -0.05) is 96.8 Å². The van der Waals surface area contributed by atoms with Crippen LogP contribution in [-0.4, -0.2) is 11.8 Å². The molecule has 2 heteroatoms. The summed E-state index contributed by atoms with van der Waals surface area (Å²) in [5.41, 5.74) is 5.44. The number of carbonyl (C=O) groups is 1. The van der Waals surface area contributed by atoms with Gasteiger partial charge in [-0.25, -0.2) is 0 Å². The molecule has 0 saturated carbocycles. The molecule has 2 N–H and O–H groups in total. The van der Waals surface area contributed by atoms with E-state index in [9.17, 15) is 4.79 Å². The van der Waals surface area contributed by atoms with Gasteiger partial charge in [0, 0.05) is 6.42 Å². The maximum Gasteiger partial charge on any atom is 0.149 e. The van der Waals surface area contributed by atoms with Gasteiger partial charge in [-0.2, -0.15) is 0 Å². The second-order valence-electron chi connectivity index (χ2n) is 6.77. The third-order valence-electron chi connectivity index (χ3n) is 4.44. The summed E-state index contributed by atoms with van der Waals surface area (Å²) >= 11 is 0. The highest BCUT2D eigenvalue weighted by Crippen LogP contribution is 2.13. The van der Waals surface area contributed by atoms with Gasteiger partial charge in [0.2, 0.25) is 0 Å². The summed E-state index contributed by atoms with van der Waals surface area (Å²) in [5, 5.41) is 0. The molecule has 0 aromatic heterocycles. The van der Waals surface area contributed by atoms with E-state index in [2.05, 4.69) is 13.8 Å². The van der Waals surface area contributed by atoms with Crippen molar-refractivity contribution in [3.05, 3.63) is 6.92 Å². The number of unbranched alkanes of at least 4 members (excludes halogenated alkanes) is 14. The van der Waals surface area contributed by atoms with Crippen LogP contribution < -0.4 is 5.73 Å². The molecule has 0 bridgehead atoms. The Kier molecular flexibility index (Phi) is 16.7. The predicted molar refractivity (Wildman–Crippen MR) is 97.9 cm³/mol. The Morgan fingerprint density at radius 1 is 0.727 bits per heavy atom. The molecule has 0 aliphatic rings. The van der Waals surface area contributed by atoms with Crippen molar-refractivity contribution in [3.63, 3.8) is 0 Å². The zero-order chi connectivity index (χ0) is 16.5. The number of rotatable bonds is 17. The molecule has 0 aromatic carbocycles. The molecular weight excluding hydrogens is 270 g/mol. The maximum absolute atomic E-state index is 11.3. The van der Waals surface area contributed by atoms with Crippen molar-refractivity contribution < 1.29 is 4.79 Å². The lowest BCUT2D eigenvalue weighted by molar-refractivity contribution is -0.119. The molecule has 0 saturated heterocycles. The molecule has 1 unspecified atom stereocenters. The Morgan fingerprint density at radius 3 is 1.36 bits per heavy atom. The number of nitrogens with two attached hydrogens (primary N) is 1. The molecule has 131 valence electrons. The second kappa shape index (κ2) is 17.0. The molecule has 0 spiro atoms. The minimum Gasteiger partial charge on any atom is -0.322 e. The van der Waals surface area contributed by atoms with Crippen LogP contribution in [0.25, 0.3) is 0 Å². The first-order valence-electron chi connectivity index (χ1n) is 9.80. The van der Waals surface area contributed by atoms with Crippen LogP contribution >= 0.6 is 0 Å². The molecule has 0 heterocycles. The molecule has 0 rings (SSSR count). The fourth-order valence-corrected chi connectivity index (χ4v) is 2.86. The highest BCUT2D eigenvalue weighted by atomic mass is 16.1. The van der Waals surface area contributed by atoms with E-state index in [1.54, 1.807) is 0 Å². The van der Waals surface area contributed by atoms with Crippen LogP contribution in [0.2, 0.25) is 0 Å². The normalized spacial score (nSPS) is 12.5. The Labute approximate surface area is 139 Å². The molecule has 2 nitrogen and oxygen atoms in total. The highest BCUT2D eigenvalue weighted by molar-refractivity contribution is 5.84. The smallest absolute Gasteiger partial charge is 0.149 e. The van der Waals surface area contributed by atoms with Crippen LogP contribution in [0.15, 0.2) is 0 Å². The fraction of sp³-hybridized carbons (Fsp3) is 0.900. The van der Waals surface area contributed by atoms with Crippen LogP contribution in [0.4, 0.5) is 0 Å². The lowest BCUT2D eigenvalue weighted by Crippen LogP contribution is -2.26. The monoisotopic (exact) mass is 310 g/mol. The van der Waals surface area contributed by atoms with Crippen molar-refractivity contribution >= 4 is 5.78 Å². The molecule has 1 atom stereocenters. The van der Waals surface area contributed by atoms with Gasteiger partial charge < -0.3 is 5.73 Å². The fourth-order valence-electron chi connectivity index (χ4n) is 2.86. The zero-order valence-corrected chi connectivity index (χ0v) is 15.1. The van der Waals surface area contributed by atoms with E-state index in [0.717, 1.165) is 12.8 Å². The van der Waals surface area contributed by atoms with E-state index >= 15 is 0 Å². The van der Waals surface area contributed by atoms with Gasteiger partial charge in [0.05, 0.1) is 6.04 Å². The summed E-state index contributed by atoms with van der Waals surface area (Å²) in [6.07, 6.45) is 20.9. The van der Waals surface area contributed by atoms with Crippen molar-refractivity contribution in [2.75, 3.05) is 0 Å². The lowest BCUT2D eigenvalue weighted by Gasteiger charge is -2.04. The molecule has 0 aromatic rings. The minimum atomic E-state index is -0.522. The number of carbonyl (C=O) groups excluding carboxylic acids is 1. The molecule has 0 aliphatic heterocycles. The first-order chi connectivity index (χ1) is 10.7. The van der Waals surface area contributed by atoms with Crippen LogP contribution in [0.3, 0.4) is 0 Å². The molecule has 0 fully saturated rings. The van der Waals surface area contributed by atoms with Crippen molar-refractivity contribution in [2.24, 2.45) is 5.73 Å². The third-order valence-corrected chi connectivity index (χ3v) is 4.44. The Morgan fingerprint density at radius 2 is 1.05 bits per heavy atom. The second-order valence-corrected chi connectivity index (χ2v) is 6.77. The number of ketones is 1. The zero-order valence-electron chi connectivity index (χ0n) is 15.1. The van der Waals surface area contributed by atoms with E-state index < -0.39 is 6.04 Å². The average molecular weight is 311 g/mol. The number of hydrogen-bond donors (Lipinski definition) is 1. The van der Waals surface area contributed by atoms with Crippen LogP contribution in [0, 0.1) is 6.92 Å². The Bertz CT molecular complexity index is 238. The summed E-state index contributed by atoms with van der Waals surface area (Å²) < 4.78 is 0. The Hall–Kier alpha value is -0.370. The summed E-state index contributed by atoms with van der Waals surface area (Å²) in [4.78, 5) is 11.3. The van der Waals surface area contributed by atoms with Crippen LogP contribution in [-0.2, 0) is 4.79 Å². The topological polar surface area (TPSA) is 43.1 Å². The van der Waals surface area contributed by atoms with E-state index in [1.165, 1.54) is 83.5 Å². The van der Waals surface area contributed by atoms with Crippen molar-refractivity contribution in [3.8, 4) is 0 Å². The summed E-state index contributed by atoms with van der Waals surface area (Å²) in [6, 6.07) is -0.522. The molecular formula is C20H40NO. The summed E-state index contributed by atoms with van der Waals surface area (Å²) in [6.45, 7) is 5.83. The van der Waals surface area contributed by atoms with Crippen LogP contribution in [0.5, 0.6) is 0 Å².